The Labute approximate surface area is 107 Å². The Morgan fingerprint density at radius 2 is 1.94 bits per heavy atom. The monoisotopic (exact) mass is 238 g/mol. The van der Waals surface area contributed by atoms with Gasteiger partial charge in [-0.25, -0.2) is 0 Å². The highest BCUT2D eigenvalue weighted by Crippen LogP contribution is 2.28. The number of piperidine rings is 1. The largest absolute Gasteiger partial charge is 0.314 e. The average Bonchev–Trinajstić information content (AvgIpc) is 2.31. The van der Waals surface area contributed by atoms with E-state index in [9.17, 15) is 0 Å². The van der Waals surface area contributed by atoms with Gasteiger partial charge in [-0.2, -0.15) is 0 Å². The lowest BCUT2D eigenvalue weighted by Crippen LogP contribution is -2.46. The summed E-state index contributed by atoms with van der Waals surface area (Å²) in [6.45, 7) is 7.31. The van der Waals surface area contributed by atoms with Crippen LogP contribution in [-0.4, -0.2) is 37.1 Å². The summed E-state index contributed by atoms with van der Waals surface area (Å²) in [5.74, 6) is 1.92. The van der Waals surface area contributed by atoms with E-state index < -0.39 is 0 Å². The van der Waals surface area contributed by atoms with Crippen molar-refractivity contribution in [1.82, 2.24) is 10.2 Å². The lowest BCUT2D eigenvalue weighted by Gasteiger charge is -2.36. The number of likely N-dealkylation sites (tertiary alicyclic amines) is 1. The summed E-state index contributed by atoms with van der Waals surface area (Å²) in [6.07, 6.45) is 8.50. The van der Waals surface area contributed by atoms with E-state index in [2.05, 4.69) is 31.1 Å². The molecular formula is C15H30N2. The lowest BCUT2D eigenvalue weighted by atomic mass is 9.82. The molecule has 2 fully saturated rings. The minimum atomic E-state index is 0.756. The summed E-state index contributed by atoms with van der Waals surface area (Å²) in [6, 6.07) is 1.53. The molecule has 1 saturated carbocycles. The molecule has 0 radical (unpaired) electrons. The standard InChI is InChI=1S/C15H30N2/c1-12-5-4-6-14(9-12)11-16-15-7-8-17(3)13(2)10-15/h12-16H,4-11H2,1-3H3. The smallest absolute Gasteiger partial charge is 0.00941 e. The zero-order valence-corrected chi connectivity index (χ0v) is 11.9. The molecule has 1 aliphatic heterocycles. The number of hydrogen-bond donors (Lipinski definition) is 1. The van der Waals surface area contributed by atoms with Crippen molar-refractivity contribution >= 4 is 0 Å². The molecule has 1 saturated heterocycles. The Bertz CT molecular complexity index is 229. The van der Waals surface area contributed by atoms with Crippen molar-refractivity contribution in [3.8, 4) is 0 Å². The third-order valence-corrected chi connectivity index (χ3v) is 4.95. The predicted octanol–water partition coefficient (Wildman–Crippen LogP) is 2.89. The fourth-order valence-electron chi connectivity index (χ4n) is 3.55. The van der Waals surface area contributed by atoms with Crippen LogP contribution in [0.5, 0.6) is 0 Å². The zero-order chi connectivity index (χ0) is 12.3. The molecule has 17 heavy (non-hydrogen) atoms. The van der Waals surface area contributed by atoms with Gasteiger partial charge in [0.2, 0.25) is 0 Å². The van der Waals surface area contributed by atoms with Crippen LogP contribution in [0.3, 0.4) is 0 Å². The highest BCUT2D eigenvalue weighted by Gasteiger charge is 2.24. The van der Waals surface area contributed by atoms with E-state index in [4.69, 9.17) is 0 Å². The SMILES string of the molecule is CC1CCCC(CNC2CCN(C)C(C)C2)C1. The molecule has 0 spiro atoms. The first-order valence-electron chi connectivity index (χ1n) is 7.58. The topological polar surface area (TPSA) is 15.3 Å². The molecule has 2 nitrogen and oxygen atoms in total. The van der Waals surface area contributed by atoms with E-state index in [1.165, 1.54) is 51.6 Å². The highest BCUT2D eigenvalue weighted by atomic mass is 15.1. The van der Waals surface area contributed by atoms with Gasteiger partial charge in [-0.1, -0.05) is 19.8 Å². The number of rotatable bonds is 3. The summed E-state index contributed by atoms with van der Waals surface area (Å²) < 4.78 is 0. The zero-order valence-electron chi connectivity index (χ0n) is 11.9. The van der Waals surface area contributed by atoms with Gasteiger partial charge in [-0.15, -0.1) is 0 Å². The van der Waals surface area contributed by atoms with Crippen molar-refractivity contribution in [3.63, 3.8) is 0 Å². The van der Waals surface area contributed by atoms with Gasteiger partial charge in [0.25, 0.3) is 0 Å². The first-order valence-corrected chi connectivity index (χ1v) is 7.58. The number of hydrogen-bond acceptors (Lipinski definition) is 2. The molecule has 0 bridgehead atoms. The fraction of sp³-hybridized carbons (Fsp3) is 1.00. The van der Waals surface area contributed by atoms with Crippen LogP contribution in [0.1, 0.15) is 52.4 Å². The third kappa shape index (κ3) is 3.96. The van der Waals surface area contributed by atoms with E-state index in [1.807, 2.05) is 0 Å². The molecule has 4 atom stereocenters. The van der Waals surface area contributed by atoms with Gasteiger partial charge in [0.15, 0.2) is 0 Å². The first-order chi connectivity index (χ1) is 8.15. The Hall–Kier alpha value is -0.0800. The number of nitrogens with one attached hydrogen (secondary N) is 1. The Balaban J connectivity index is 1.67. The molecule has 0 amide bonds. The van der Waals surface area contributed by atoms with Crippen LogP contribution in [0.15, 0.2) is 0 Å². The average molecular weight is 238 g/mol. The molecule has 2 aliphatic rings. The molecule has 1 N–H and O–H groups in total. The van der Waals surface area contributed by atoms with Gasteiger partial charge in [-0.05, 0) is 64.6 Å². The molecule has 4 unspecified atom stereocenters. The molecule has 2 rings (SSSR count). The minimum Gasteiger partial charge on any atom is -0.314 e. The second-order valence-electron chi connectivity index (χ2n) is 6.60. The second-order valence-corrected chi connectivity index (χ2v) is 6.60. The predicted molar refractivity (Wildman–Crippen MR) is 74.2 cm³/mol. The van der Waals surface area contributed by atoms with Gasteiger partial charge in [-0.3, -0.25) is 0 Å². The molecule has 0 aromatic heterocycles. The minimum absolute atomic E-state index is 0.756. The van der Waals surface area contributed by atoms with E-state index in [-0.39, 0.29) is 0 Å². The summed E-state index contributed by atoms with van der Waals surface area (Å²) in [5.41, 5.74) is 0. The first kappa shape index (κ1) is 13.4. The lowest BCUT2D eigenvalue weighted by molar-refractivity contribution is 0.161. The van der Waals surface area contributed by atoms with E-state index >= 15 is 0 Å². The van der Waals surface area contributed by atoms with Crippen LogP contribution in [-0.2, 0) is 0 Å². The molecule has 0 aromatic rings. The number of nitrogens with zero attached hydrogens (tertiary/aromatic N) is 1. The Morgan fingerprint density at radius 3 is 2.65 bits per heavy atom. The van der Waals surface area contributed by atoms with Crippen molar-refractivity contribution < 1.29 is 0 Å². The van der Waals surface area contributed by atoms with Crippen molar-refractivity contribution in [2.75, 3.05) is 20.1 Å². The molecule has 0 aromatic carbocycles. The van der Waals surface area contributed by atoms with Crippen molar-refractivity contribution in [2.45, 2.75) is 64.5 Å². The third-order valence-electron chi connectivity index (χ3n) is 4.95. The molecular weight excluding hydrogens is 208 g/mol. The van der Waals surface area contributed by atoms with E-state index in [1.54, 1.807) is 0 Å². The maximum Gasteiger partial charge on any atom is 0.00941 e. The molecule has 100 valence electrons. The molecule has 1 aliphatic carbocycles. The van der Waals surface area contributed by atoms with Crippen molar-refractivity contribution in [1.29, 1.82) is 0 Å². The van der Waals surface area contributed by atoms with Gasteiger partial charge < -0.3 is 10.2 Å². The van der Waals surface area contributed by atoms with Crippen LogP contribution < -0.4 is 5.32 Å². The van der Waals surface area contributed by atoms with Crippen LogP contribution >= 0.6 is 0 Å². The Morgan fingerprint density at radius 1 is 1.12 bits per heavy atom. The Kier molecular flexibility index (Phi) is 4.87. The normalized spacial score (nSPS) is 40.4. The van der Waals surface area contributed by atoms with Crippen LogP contribution in [0.4, 0.5) is 0 Å². The quantitative estimate of drug-likeness (QED) is 0.813. The van der Waals surface area contributed by atoms with Gasteiger partial charge in [0.05, 0.1) is 0 Å². The highest BCUT2D eigenvalue weighted by molar-refractivity contribution is 4.82. The van der Waals surface area contributed by atoms with Crippen LogP contribution in [0.2, 0.25) is 0 Å². The maximum absolute atomic E-state index is 3.84. The van der Waals surface area contributed by atoms with Gasteiger partial charge in [0, 0.05) is 12.1 Å². The van der Waals surface area contributed by atoms with Crippen molar-refractivity contribution in [3.05, 3.63) is 0 Å². The van der Waals surface area contributed by atoms with E-state index in [0.717, 1.165) is 23.9 Å². The maximum atomic E-state index is 3.84. The molecule has 1 heterocycles. The van der Waals surface area contributed by atoms with E-state index in [0.29, 0.717) is 0 Å². The summed E-state index contributed by atoms with van der Waals surface area (Å²) in [7, 11) is 2.25. The van der Waals surface area contributed by atoms with Gasteiger partial charge in [0.1, 0.15) is 0 Å². The van der Waals surface area contributed by atoms with Crippen LogP contribution in [0, 0.1) is 11.8 Å². The summed E-state index contributed by atoms with van der Waals surface area (Å²) >= 11 is 0. The van der Waals surface area contributed by atoms with Crippen LogP contribution in [0.25, 0.3) is 0 Å². The second kappa shape index (κ2) is 6.19. The fourth-order valence-corrected chi connectivity index (χ4v) is 3.55. The van der Waals surface area contributed by atoms with Gasteiger partial charge >= 0.3 is 0 Å². The molecule has 2 heteroatoms. The summed E-state index contributed by atoms with van der Waals surface area (Å²) in [4.78, 5) is 2.49. The summed E-state index contributed by atoms with van der Waals surface area (Å²) in [5, 5.41) is 3.84. The van der Waals surface area contributed by atoms with Crippen molar-refractivity contribution in [2.24, 2.45) is 11.8 Å².